The Balaban J connectivity index is 1.91. The summed E-state index contributed by atoms with van der Waals surface area (Å²) in [5.41, 5.74) is 0. The molecule has 122 valence electrons. The predicted octanol–water partition coefficient (Wildman–Crippen LogP) is 1.55. The van der Waals surface area contributed by atoms with Crippen molar-refractivity contribution in [2.75, 3.05) is 33.2 Å². The summed E-state index contributed by atoms with van der Waals surface area (Å²) in [5, 5.41) is 3.35. The van der Waals surface area contributed by atoms with Gasteiger partial charge >= 0.3 is 0 Å². The summed E-state index contributed by atoms with van der Waals surface area (Å²) in [5.74, 6) is 0.784. The van der Waals surface area contributed by atoms with Gasteiger partial charge in [0, 0.05) is 33.2 Å². The van der Waals surface area contributed by atoms with Crippen molar-refractivity contribution in [2.24, 2.45) is 4.99 Å². The second-order valence-corrected chi connectivity index (χ2v) is 7.38. The number of hydrogen-bond acceptors (Lipinski definition) is 5. The molecule has 0 bridgehead atoms. The highest BCUT2D eigenvalue weighted by molar-refractivity contribution is 7.89. The fraction of sp³-hybridized carbons (Fsp3) is 0.462. The molecular formula is C13H18Cl2N4O2S. The summed E-state index contributed by atoms with van der Waals surface area (Å²) in [7, 11) is -1.74. The first-order valence-corrected chi connectivity index (χ1v) is 9.09. The topological polar surface area (TPSA) is 73.8 Å². The first-order chi connectivity index (χ1) is 10.4. The molecule has 0 radical (unpaired) electrons. The van der Waals surface area contributed by atoms with Crippen LogP contribution in [0.2, 0.25) is 10.0 Å². The third kappa shape index (κ3) is 4.25. The van der Waals surface area contributed by atoms with Crippen LogP contribution in [0.4, 0.5) is 0 Å². The van der Waals surface area contributed by atoms with Gasteiger partial charge in [-0.25, -0.2) is 13.1 Å². The molecule has 0 atom stereocenters. The van der Waals surface area contributed by atoms with Gasteiger partial charge < -0.3 is 10.2 Å². The molecule has 0 saturated heterocycles. The quantitative estimate of drug-likeness (QED) is 0.777. The van der Waals surface area contributed by atoms with E-state index in [0.29, 0.717) is 6.54 Å². The Bertz CT molecular complexity index is 664. The van der Waals surface area contributed by atoms with Gasteiger partial charge in [-0.15, -0.1) is 0 Å². The number of rotatable bonds is 5. The normalized spacial score (nSPS) is 15.6. The maximum absolute atomic E-state index is 12.2. The molecule has 1 heterocycles. The van der Waals surface area contributed by atoms with E-state index in [1.165, 1.54) is 6.07 Å². The molecule has 2 N–H and O–H groups in total. The minimum atomic E-state index is -3.69. The van der Waals surface area contributed by atoms with E-state index in [1.54, 1.807) is 12.1 Å². The first kappa shape index (κ1) is 17.3. The van der Waals surface area contributed by atoms with Crippen molar-refractivity contribution in [3.05, 3.63) is 28.2 Å². The van der Waals surface area contributed by atoms with E-state index >= 15 is 0 Å². The van der Waals surface area contributed by atoms with Gasteiger partial charge in [0.25, 0.3) is 0 Å². The third-order valence-electron chi connectivity index (χ3n) is 3.18. The number of hydrogen-bond donors (Lipinski definition) is 2. The van der Waals surface area contributed by atoms with Crippen molar-refractivity contribution in [1.29, 1.82) is 0 Å². The lowest BCUT2D eigenvalue weighted by molar-refractivity contribution is 0.446. The maximum Gasteiger partial charge on any atom is 0.242 e. The zero-order valence-electron chi connectivity index (χ0n) is 12.1. The van der Waals surface area contributed by atoms with E-state index < -0.39 is 10.0 Å². The Hall–Kier alpha value is -1.02. The maximum atomic E-state index is 12.2. The molecule has 1 aliphatic rings. The molecule has 0 unspecified atom stereocenters. The van der Waals surface area contributed by atoms with Crippen LogP contribution in [0.1, 0.15) is 6.42 Å². The van der Waals surface area contributed by atoms with E-state index in [9.17, 15) is 8.42 Å². The van der Waals surface area contributed by atoms with Gasteiger partial charge in [-0.05, 0) is 18.6 Å². The molecule has 6 nitrogen and oxygen atoms in total. The Morgan fingerprint density at radius 2 is 2.09 bits per heavy atom. The van der Waals surface area contributed by atoms with Gasteiger partial charge in [-0.3, -0.25) is 4.99 Å². The zero-order chi connectivity index (χ0) is 16.2. The lowest BCUT2D eigenvalue weighted by atomic mass is 10.3. The molecule has 2 rings (SSSR count). The van der Waals surface area contributed by atoms with Crippen molar-refractivity contribution >= 4 is 39.2 Å². The SMILES string of the molecule is CN1CCCN=C1NCCNS(=O)(=O)c1cccc(Cl)c1Cl. The lowest BCUT2D eigenvalue weighted by Gasteiger charge is -2.25. The van der Waals surface area contributed by atoms with Gasteiger partial charge in [0.15, 0.2) is 5.96 Å². The Labute approximate surface area is 140 Å². The van der Waals surface area contributed by atoms with Gasteiger partial charge in [0.05, 0.1) is 10.0 Å². The van der Waals surface area contributed by atoms with Crippen molar-refractivity contribution in [2.45, 2.75) is 11.3 Å². The van der Waals surface area contributed by atoms with Crippen molar-refractivity contribution in [1.82, 2.24) is 14.9 Å². The van der Waals surface area contributed by atoms with Crippen LogP contribution in [0.25, 0.3) is 0 Å². The van der Waals surface area contributed by atoms with Crippen LogP contribution >= 0.6 is 23.2 Å². The standard InChI is InChI=1S/C13H18Cl2N4O2S/c1-19-9-3-6-16-13(19)17-7-8-18-22(20,21)11-5-2-4-10(14)12(11)15/h2,4-5,18H,3,6-9H2,1H3,(H,16,17). The zero-order valence-corrected chi connectivity index (χ0v) is 14.5. The minimum absolute atomic E-state index is 0.0196. The van der Waals surface area contributed by atoms with E-state index in [1.807, 2.05) is 11.9 Å². The lowest BCUT2D eigenvalue weighted by Crippen LogP contribution is -2.44. The third-order valence-corrected chi connectivity index (χ3v) is 5.62. The van der Waals surface area contributed by atoms with Gasteiger partial charge in [-0.2, -0.15) is 0 Å². The average Bonchev–Trinajstić information content (AvgIpc) is 2.48. The van der Waals surface area contributed by atoms with Gasteiger partial charge in [0.2, 0.25) is 10.0 Å². The van der Waals surface area contributed by atoms with Gasteiger partial charge in [0.1, 0.15) is 4.90 Å². The molecule has 0 aromatic heterocycles. The van der Waals surface area contributed by atoms with Gasteiger partial charge in [-0.1, -0.05) is 29.3 Å². The fourth-order valence-electron chi connectivity index (χ4n) is 2.04. The Morgan fingerprint density at radius 3 is 2.82 bits per heavy atom. The molecule has 0 fully saturated rings. The van der Waals surface area contributed by atoms with Crippen molar-refractivity contribution in [3.8, 4) is 0 Å². The van der Waals surface area contributed by atoms with Crippen molar-refractivity contribution < 1.29 is 8.42 Å². The largest absolute Gasteiger partial charge is 0.355 e. The summed E-state index contributed by atoms with van der Waals surface area (Å²) < 4.78 is 26.9. The monoisotopic (exact) mass is 364 g/mol. The summed E-state index contributed by atoms with van der Waals surface area (Å²) in [6.07, 6.45) is 1.03. The summed E-state index contributed by atoms with van der Waals surface area (Å²) in [4.78, 5) is 6.33. The van der Waals surface area contributed by atoms with E-state index in [0.717, 1.165) is 25.5 Å². The van der Waals surface area contributed by atoms with Crippen LogP contribution in [0, 0.1) is 0 Å². The van der Waals surface area contributed by atoms with Crippen LogP contribution < -0.4 is 10.0 Å². The number of guanidine groups is 1. The smallest absolute Gasteiger partial charge is 0.242 e. The molecule has 9 heteroatoms. The van der Waals surface area contributed by atoms with Crippen molar-refractivity contribution in [3.63, 3.8) is 0 Å². The number of sulfonamides is 1. The highest BCUT2D eigenvalue weighted by Crippen LogP contribution is 2.28. The van der Waals surface area contributed by atoms with Crippen LogP contribution in [-0.2, 0) is 10.0 Å². The number of nitrogens with one attached hydrogen (secondary N) is 2. The van der Waals surface area contributed by atoms with Crippen LogP contribution in [-0.4, -0.2) is 52.5 Å². The average molecular weight is 365 g/mol. The molecule has 0 amide bonds. The number of nitrogens with zero attached hydrogens (tertiary/aromatic N) is 2. The molecule has 0 saturated carbocycles. The van der Waals surface area contributed by atoms with E-state index in [4.69, 9.17) is 23.2 Å². The highest BCUT2D eigenvalue weighted by Gasteiger charge is 2.19. The van der Waals surface area contributed by atoms with Crippen LogP contribution in [0.3, 0.4) is 0 Å². The Kier molecular flexibility index (Phi) is 5.91. The highest BCUT2D eigenvalue weighted by atomic mass is 35.5. The number of benzene rings is 1. The molecule has 0 aliphatic carbocycles. The molecule has 1 aromatic carbocycles. The predicted molar refractivity (Wildman–Crippen MR) is 89.2 cm³/mol. The minimum Gasteiger partial charge on any atom is -0.355 e. The molecule has 22 heavy (non-hydrogen) atoms. The summed E-state index contributed by atoms with van der Waals surface area (Å²) >= 11 is 11.8. The van der Waals surface area contributed by atoms with Crippen LogP contribution in [0.5, 0.6) is 0 Å². The summed E-state index contributed by atoms with van der Waals surface area (Å²) in [6.45, 7) is 2.38. The summed E-state index contributed by atoms with van der Waals surface area (Å²) in [6, 6.07) is 4.51. The fourth-order valence-corrected chi connectivity index (χ4v) is 3.83. The van der Waals surface area contributed by atoms with E-state index in [-0.39, 0.29) is 21.5 Å². The van der Waals surface area contributed by atoms with E-state index in [2.05, 4.69) is 15.0 Å². The number of halogens is 2. The molecule has 0 spiro atoms. The number of aliphatic imine (C=N–C) groups is 1. The molecular weight excluding hydrogens is 347 g/mol. The second-order valence-electron chi connectivity index (χ2n) is 4.86. The molecule has 1 aliphatic heterocycles. The Morgan fingerprint density at radius 1 is 1.32 bits per heavy atom. The second kappa shape index (κ2) is 7.50. The van der Waals surface area contributed by atoms with Crippen LogP contribution in [0.15, 0.2) is 28.1 Å². The molecule has 1 aromatic rings. The first-order valence-electron chi connectivity index (χ1n) is 6.85.